The van der Waals surface area contributed by atoms with E-state index in [2.05, 4.69) is 37.4 Å². The van der Waals surface area contributed by atoms with Crippen molar-refractivity contribution in [3.05, 3.63) is 71.4 Å². The van der Waals surface area contributed by atoms with Crippen LogP contribution in [0, 0.1) is 11.3 Å². The summed E-state index contributed by atoms with van der Waals surface area (Å²) in [6.45, 7) is 5.77. The molecule has 4 rings (SSSR count). The van der Waals surface area contributed by atoms with Gasteiger partial charge in [0.1, 0.15) is 0 Å². The number of likely N-dealkylation sites (N-methyl/N-ethyl adjacent to an activating group) is 1. The summed E-state index contributed by atoms with van der Waals surface area (Å²) < 4.78 is 1.83. The van der Waals surface area contributed by atoms with E-state index in [4.69, 9.17) is 10.4 Å². The van der Waals surface area contributed by atoms with E-state index in [0.29, 0.717) is 29.8 Å². The van der Waals surface area contributed by atoms with Gasteiger partial charge in [-0.05, 0) is 61.7 Å². The van der Waals surface area contributed by atoms with Crippen molar-refractivity contribution in [3.63, 3.8) is 0 Å². The fourth-order valence-corrected chi connectivity index (χ4v) is 4.16. The van der Waals surface area contributed by atoms with E-state index in [0.717, 1.165) is 36.3 Å². The Kier molecular flexibility index (Phi) is 6.38. The van der Waals surface area contributed by atoms with E-state index in [9.17, 15) is 4.79 Å². The molecule has 3 aromatic rings. The van der Waals surface area contributed by atoms with Crippen LogP contribution in [0.2, 0.25) is 0 Å². The Hall–Kier alpha value is -3.43. The Morgan fingerprint density at radius 1 is 1.16 bits per heavy atom. The first-order valence-corrected chi connectivity index (χ1v) is 11.2. The van der Waals surface area contributed by atoms with Crippen molar-refractivity contribution < 1.29 is 4.79 Å². The van der Waals surface area contributed by atoms with Crippen molar-refractivity contribution in [2.24, 2.45) is 0 Å². The number of benzene rings is 2. The summed E-state index contributed by atoms with van der Waals surface area (Å²) in [5, 5.41) is 17.2. The molecule has 1 fully saturated rings. The quantitative estimate of drug-likeness (QED) is 0.657. The van der Waals surface area contributed by atoms with E-state index in [1.165, 1.54) is 5.56 Å². The maximum atomic E-state index is 13.3. The van der Waals surface area contributed by atoms with Crippen LogP contribution in [0.25, 0.3) is 16.9 Å². The molecule has 1 aliphatic rings. The highest BCUT2D eigenvalue weighted by Crippen LogP contribution is 2.27. The summed E-state index contributed by atoms with van der Waals surface area (Å²) in [6.07, 6.45) is 2.06. The second-order valence-electron chi connectivity index (χ2n) is 8.64. The molecule has 0 spiro atoms. The van der Waals surface area contributed by atoms with Gasteiger partial charge in [-0.1, -0.05) is 38.1 Å². The predicted octanol–water partition coefficient (Wildman–Crippen LogP) is 4.36. The lowest BCUT2D eigenvalue weighted by atomic mass is 10.0. The number of aromatic nitrogens is 2. The zero-order valence-electron chi connectivity index (χ0n) is 18.9. The molecule has 1 atom stereocenters. The average Bonchev–Trinajstić information content (AvgIpc) is 3.29. The molecule has 1 aliphatic heterocycles. The fourth-order valence-electron chi connectivity index (χ4n) is 4.16. The molecule has 1 N–H and O–H groups in total. The molecule has 2 aromatic carbocycles. The zero-order chi connectivity index (χ0) is 22.7. The van der Waals surface area contributed by atoms with Crippen molar-refractivity contribution in [1.82, 2.24) is 20.0 Å². The number of likely N-dealkylation sites (tertiary alicyclic amines) is 1. The van der Waals surface area contributed by atoms with E-state index >= 15 is 0 Å². The summed E-state index contributed by atoms with van der Waals surface area (Å²) in [5.74, 6) is 0.397. The number of nitrogens with one attached hydrogen (secondary N) is 1. The number of carbonyl (C=O) groups is 1. The normalized spacial score (nSPS) is 16.2. The topological polar surface area (TPSA) is 74.0 Å². The minimum Gasteiger partial charge on any atom is -0.336 e. The summed E-state index contributed by atoms with van der Waals surface area (Å²) in [6, 6.07) is 20.0. The second kappa shape index (κ2) is 9.37. The van der Waals surface area contributed by atoms with Crippen LogP contribution in [0.1, 0.15) is 54.2 Å². The lowest BCUT2D eigenvalue weighted by molar-refractivity contribution is 0.0691. The maximum Gasteiger partial charge on any atom is 0.274 e. The number of nitriles is 1. The molecular weight excluding hydrogens is 398 g/mol. The number of nitrogens with zero attached hydrogens (tertiary/aromatic N) is 4. The van der Waals surface area contributed by atoms with Gasteiger partial charge in [0.2, 0.25) is 0 Å². The Bertz CT molecular complexity index is 1120. The minimum atomic E-state index is -0.0441. The molecular formula is C26H29N5O. The summed E-state index contributed by atoms with van der Waals surface area (Å²) in [7, 11) is 1.94. The van der Waals surface area contributed by atoms with Crippen molar-refractivity contribution in [2.45, 2.75) is 38.6 Å². The Morgan fingerprint density at radius 3 is 2.50 bits per heavy atom. The van der Waals surface area contributed by atoms with Gasteiger partial charge in [0.15, 0.2) is 5.69 Å². The number of hydrogen-bond acceptors (Lipinski definition) is 4. The Labute approximate surface area is 189 Å². The third kappa shape index (κ3) is 4.44. The molecule has 164 valence electrons. The first kappa shape index (κ1) is 21.8. The standard InChI is InChI=1S/C26H29N5O/c1-18(2)20-10-12-23(13-11-20)31-25(21-8-6-19(16-27)7-9-21)15-24(29-31)26(32)30-14-4-5-22(17-30)28-3/h6-13,15,18,22,28H,4-5,14,17H2,1-3H3. The Morgan fingerprint density at radius 2 is 1.88 bits per heavy atom. The van der Waals surface area contributed by atoms with Crippen molar-refractivity contribution >= 4 is 5.91 Å². The van der Waals surface area contributed by atoms with Crippen LogP contribution in [-0.4, -0.2) is 46.8 Å². The second-order valence-corrected chi connectivity index (χ2v) is 8.64. The van der Waals surface area contributed by atoms with Crippen LogP contribution >= 0.6 is 0 Å². The molecule has 6 nitrogen and oxygen atoms in total. The number of rotatable bonds is 5. The summed E-state index contributed by atoms with van der Waals surface area (Å²) in [4.78, 5) is 15.2. The van der Waals surface area contributed by atoms with Gasteiger partial charge >= 0.3 is 0 Å². The number of piperidine rings is 1. The molecule has 0 aliphatic carbocycles. The molecule has 1 aromatic heterocycles. The van der Waals surface area contributed by atoms with Crippen LogP contribution in [0.5, 0.6) is 0 Å². The Balaban J connectivity index is 1.74. The van der Waals surface area contributed by atoms with Crippen LogP contribution in [0.15, 0.2) is 54.6 Å². The van der Waals surface area contributed by atoms with E-state index in [1.807, 2.05) is 47.0 Å². The fraction of sp³-hybridized carbons (Fsp3) is 0.346. The molecule has 32 heavy (non-hydrogen) atoms. The SMILES string of the molecule is CNC1CCCN(C(=O)c2cc(-c3ccc(C#N)cc3)n(-c3ccc(C(C)C)cc3)n2)C1. The highest BCUT2D eigenvalue weighted by atomic mass is 16.2. The first-order chi connectivity index (χ1) is 15.5. The van der Waals surface area contributed by atoms with E-state index in [-0.39, 0.29) is 5.91 Å². The molecule has 0 radical (unpaired) electrons. The van der Waals surface area contributed by atoms with E-state index in [1.54, 1.807) is 12.1 Å². The van der Waals surface area contributed by atoms with Gasteiger partial charge in [-0.2, -0.15) is 10.4 Å². The number of hydrogen-bond donors (Lipinski definition) is 1. The molecule has 1 unspecified atom stereocenters. The largest absolute Gasteiger partial charge is 0.336 e. The first-order valence-electron chi connectivity index (χ1n) is 11.2. The van der Waals surface area contributed by atoms with Gasteiger partial charge in [-0.15, -0.1) is 0 Å². The third-order valence-electron chi connectivity index (χ3n) is 6.16. The van der Waals surface area contributed by atoms with Gasteiger partial charge in [-0.3, -0.25) is 4.79 Å². The van der Waals surface area contributed by atoms with Gasteiger partial charge < -0.3 is 10.2 Å². The van der Waals surface area contributed by atoms with Gasteiger partial charge in [0, 0.05) is 24.7 Å². The van der Waals surface area contributed by atoms with Crippen LogP contribution in [-0.2, 0) is 0 Å². The third-order valence-corrected chi connectivity index (χ3v) is 6.16. The predicted molar refractivity (Wildman–Crippen MR) is 126 cm³/mol. The molecule has 2 heterocycles. The van der Waals surface area contributed by atoms with Crippen LogP contribution in [0.3, 0.4) is 0 Å². The highest BCUT2D eigenvalue weighted by molar-refractivity contribution is 5.93. The molecule has 0 saturated carbocycles. The zero-order valence-corrected chi connectivity index (χ0v) is 18.9. The summed E-state index contributed by atoms with van der Waals surface area (Å²) >= 11 is 0. The molecule has 6 heteroatoms. The van der Waals surface area contributed by atoms with Gasteiger partial charge in [0.05, 0.1) is 23.0 Å². The van der Waals surface area contributed by atoms with Gasteiger partial charge in [-0.25, -0.2) is 4.68 Å². The van der Waals surface area contributed by atoms with Crippen molar-refractivity contribution in [2.75, 3.05) is 20.1 Å². The maximum absolute atomic E-state index is 13.3. The highest BCUT2D eigenvalue weighted by Gasteiger charge is 2.26. The number of amides is 1. The molecule has 0 bridgehead atoms. The lowest BCUT2D eigenvalue weighted by Gasteiger charge is -2.32. The number of carbonyl (C=O) groups excluding carboxylic acids is 1. The minimum absolute atomic E-state index is 0.0441. The molecule has 1 amide bonds. The van der Waals surface area contributed by atoms with Crippen molar-refractivity contribution in [1.29, 1.82) is 5.26 Å². The molecule has 1 saturated heterocycles. The lowest BCUT2D eigenvalue weighted by Crippen LogP contribution is -2.47. The van der Waals surface area contributed by atoms with Crippen LogP contribution in [0.4, 0.5) is 0 Å². The monoisotopic (exact) mass is 427 g/mol. The van der Waals surface area contributed by atoms with Gasteiger partial charge in [0.25, 0.3) is 5.91 Å². The smallest absolute Gasteiger partial charge is 0.274 e. The van der Waals surface area contributed by atoms with Crippen LogP contribution < -0.4 is 5.32 Å². The summed E-state index contributed by atoms with van der Waals surface area (Å²) in [5.41, 5.74) is 4.94. The van der Waals surface area contributed by atoms with Crippen molar-refractivity contribution in [3.8, 4) is 23.0 Å². The van der Waals surface area contributed by atoms with E-state index < -0.39 is 0 Å². The average molecular weight is 428 g/mol.